The lowest BCUT2D eigenvalue weighted by molar-refractivity contribution is 0.0634. The molecule has 1 N–H and O–H groups in total. The van der Waals surface area contributed by atoms with Gasteiger partial charge in [-0.3, -0.25) is 4.79 Å². The van der Waals surface area contributed by atoms with Crippen molar-refractivity contribution in [3.8, 4) is 0 Å². The third-order valence-corrected chi connectivity index (χ3v) is 3.11. The molecule has 1 rings (SSSR count). The molecule has 0 aliphatic rings. The first-order valence-corrected chi connectivity index (χ1v) is 6.12. The first kappa shape index (κ1) is 14.8. The van der Waals surface area contributed by atoms with Gasteiger partial charge in [-0.25, -0.2) is 0 Å². The Labute approximate surface area is 113 Å². The van der Waals surface area contributed by atoms with E-state index >= 15 is 0 Å². The summed E-state index contributed by atoms with van der Waals surface area (Å²) in [6.07, 6.45) is 0. The summed E-state index contributed by atoms with van der Waals surface area (Å²) in [5, 5.41) is 3.54. The van der Waals surface area contributed by atoms with Crippen LogP contribution in [0.5, 0.6) is 0 Å². The molecule has 5 heteroatoms. The molecule has 0 saturated carbocycles. The average Bonchev–Trinajstić information content (AvgIpc) is 2.37. The van der Waals surface area contributed by atoms with Crippen molar-refractivity contribution < 1.29 is 9.53 Å². The van der Waals surface area contributed by atoms with Gasteiger partial charge in [0.2, 0.25) is 0 Å². The number of carbonyl (C=O) groups excluding carboxylic acids is 1. The van der Waals surface area contributed by atoms with E-state index in [0.717, 1.165) is 5.69 Å². The number of rotatable bonds is 5. The maximum Gasteiger partial charge on any atom is 0.256 e. The van der Waals surface area contributed by atoms with Crippen molar-refractivity contribution in [3.05, 3.63) is 28.8 Å². The lowest BCUT2D eigenvalue weighted by Gasteiger charge is -2.25. The Morgan fingerprint density at radius 3 is 2.78 bits per heavy atom. The molecule has 1 unspecified atom stereocenters. The van der Waals surface area contributed by atoms with Crippen LogP contribution in [0.3, 0.4) is 0 Å². The second-order valence-electron chi connectivity index (χ2n) is 4.16. The number of anilines is 1. The van der Waals surface area contributed by atoms with Gasteiger partial charge in [0.15, 0.2) is 0 Å². The highest BCUT2D eigenvalue weighted by Crippen LogP contribution is 2.22. The van der Waals surface area contributed by atoms with E-state index in [1.807, 2.05) is 6.92 Å². The molecule has 18 heavy (non-hydrogen) atoms. The van der Waals surface area contributed by atoms with E-state index in [1.54, 1.807) is 44.3 Å². The van der Waals surface area contributed by atoms with Gasteiger partial charge >= 0.3 is 0 Å². The molecule has 1 aromatic carbocycles. The van der Waals surface area contributed by atoms with Crippen molar-refractivity contribution in [1.29, 1.82) is 0 Å². The number of ether oxygens (including phenoxy) is 1. The monoisotopic (exact) mass is 270 g/mol. The topological polar surface area (TPSA) is 41.6 Å². The molecule has 1 amide bonds. The normalized spacial score (nSPS) is 12.1. The number of benzene rings is 1. The highest BCUT2D eigenvalue weighted by atomic mass is 35.5. The number of nitrogens with one attached hydrogen (secondary N) is 1. The zero-order valence-electron chi connectivity index (χ0n) is 11.2. The number of methoxy groups -OCH3 is 1. The van der Waals surface area contributed by atoms with E-state index in [2.05, 4.69) is 5.32 Å². The van der Waals surface area contributed by atoms with Gasteiger partial charge in [-0.05, 0) is 25.1 Å². The molecule has 0 aliphatic carbocycles. The Kier molecular flexibility index (Phi) is 5.44. The number of likely N-dealkylation sites (N-methyl/N-ethyl adjacent to an activating group) is 1. The van der Waals surface area contributed by atoms with Crippen LogP contribution in [-0.2, 0) is 4.74 Å². The van der Waals surface area contributed by atoms with Crippen molar-refractivity contribution in [2.24, 2.45) is 0 Å². The van der Waals surface area contributed by atoms with E-state index < -0.39 is 0 Å². The minimum absolute atomic E-state index is 0.00573. The van der Waals surface area contributed by atoms with E-state index in [4.69, 9.17) is 16.3 Å². The molecule has 100 valence electrons. The van der Waals surface area contributed by atoms with Gasteiger partial charge in [0.25, 0.3) is 5.91 Å². The SMILES string of the molecule is CNc1ccc(Cl)cc1C(=O)N(C)C(C)COC. The van der Waals surface area contributed by atoms with Crippen LogP contribution in [0, 0.1) is 0 Å². The number of amides is 1. The number of carbonyl (C=O) groups is 1. The Hall–Kier alpha value is -1.26. The van der Waals surface area contributed by atoms with Crippen LogP contribution < -0.4 is 5.32 Å². The Balaban J connectivity index is 2.98. The van der Waals surface area contributed by atoms with Crippen molar-refractivity contribution in [2.75, 3.05) is 33.1 Å². The molecular formula is C13H19ClN2O2. The lowest BCUT2D eigenvalue weighted by Crippen LogP contribution is -2.38. The number of hydrogen-bond acceptors (Lipinski definition) is 3. The third-order valence-electron chi connectivity index (χ3n) is 2.87. The number of hydrogen-bond donors (Lipinski definition) is 1. The predicted molar refractivity (Wildman–Crippen MR) is 74.4 cm³/mol. The summed E-state index contributed by atoms with van der Waals surface area (Å²) in [5.74, 6) is -0.0774. The predicted octanol–water partition coefficient (Wildman–Crippen LogP) is 2.49. The largest absolute Gasteiger partial charge is 0.387 e. The van der Waals surface area contributed by atoms with Crippen LogP contribution in [0.15, 0.2) is 18.2 Å². The molecular weight excluding hydrogens is 252 g/mol. The molecule has 0 fully saturated rings. The van der Waals surface area contributed by atoms with Gasteiger partial charge in [0, 0.05) is 31.9 Å². The molecule has 0 radical (unpaired) electrons. The Morgan fingerprint density at radius 1 is 1.56 bits per heavy atom. The van der Waals surface area contributed by atoms with E-state index in [0.29, 0.717) is 17.2 Å². The maximum absolute atomic E-state index is 12.4. The Morgan fingerprint density at radius 2 is 2.22 bits per heavy atom. The summed E-state index contributed by atoms with van der Waals surface area (Å²) in [6.45, 7) is 2.43. The Bertz CT molecular complexity index is 423. The zero-order valence-corrected chi connectivity index (χ0v) is 11.9. The molecule has 4 nitrogen and oxygen atoms in total. The van der Waals surface area contributed by atoms with E-state index in [9.17, 15) is 4.79 Å². The van der Waals surface area contributed by atoms with Gasteiger partial charge in [-0.1, -0.05) is 11.6 Å². The maximum atomic E-state index is 12.4. The first-order valence-electron chi connectivity index (χ1n) is 5.74. The molecule has 0 spiro atoms. The summed E-state index contributed by atoms with van der Waals surface area (Å²) in [6, 6.07) is 5.23. The summed E-state index contributed by atoms with van der Waals surface area (Å²) in [7, 11) is 5.15. The highest BCUT2D eigenvalue weighted by Gasteiger charge is 2.20. The second-order valence-corrected chi connectivity index (χ2v) is 4.60. The van der Waals surface area contributed by atoms with Gasteiger partial charge in [0.1, 0.15) is 0 Å². The van der Waals surface area contributed by atoms with Crippen molar-refractivity contribution >= 4 is 23.2 Å². The molecule has 0 heterocycles. The lowest BCUT2D eigenvalue weighted by atomic mass is 10.1. The van der Waals surface area contributed by atoms with Crippen LogP contribution in [0.4, 0.5) is 5.69 Å². The molecule has 0 aliphatic heterocycles. The van der Waals surface area contributed by atoms with Crippen molar-refractivity contribution in [1.82, 2.24) is 4.90 Å². The molecule has 0 saturated heterocycles. The van der Waals surface area contributed by atoms with Gasteiger partial charge in [-0.2, -0.15) is 0 Å². The van der Waals surface area contributed by atoms with Crippen molar-refractivity contribution in [3.63, 3.8) is 0 Å². The number of nitrogens with zero attached hydrogens (tertiary/aromatic N) is 1. The fourth-order valence-electron chi connectivity index (χ4n) is 1.65. The molecule has 0 aromatic heterocycles. The van der Waals surface area contributed by atoms with Crippen LogP contribution in [0.25, 0.3) is 0 Å². The highest BCUT2D eigenvalue weighted by molar-refractivity contribution is 6.31. The first-order chi connectivity index (χ1) is 8.51. The fourth-order valence-corrected chi connectivity index (χ4v) is 1.83. The third kappa shape index (κ3) is 3.37. The van der Waals surface area contributed by atoms with Crippen molar-refractivity contribution in [2.45, 2.75) is 13.0 Å². The van der Waals surface area contributed by atoms with Gasteiger partial charge in [-0.15, -0.1) is 0 Å². The van der Waals surface area contributed by atoms with Gasteiger partial charge in [0.05, 0.1) is 18.2 Å². The minimum Gasteiger partial charge on any atom is -0.387 e. The summed E-state index contributed by atoms with van der Waals surface area (Å²) in [5.41, 5.74) is 1.33. The molecule has 1 atom stereocenters. The average molecular weight is 271 g/mol. The van der Waals surface area contributed by atoms with Crippen LogP contribution in [0.2, 0.25) is 5.02 Å². The fraction of sp³-hybridized carbons (Fsp3) is 0.462. The van der Waals surface area contributed by atoms with Gasteiger partial charge < -0.3 is 15.0 Å². The minimum atomic E-state index is -0.0774. The van der Waals surface area contributed by atoms with Crippen LogP contribution in [-0.4, -0.2) is 44.7 Å². The molecule has 0 bridgehead atoms. The quantitative estimate of drug-likeness (QED) is 0.894. The summed E-state index contributed by atoms with van der Waals surface area (Å²) in [4.78, 5) is 14.0. The van der Waals surface area contributed by atoms with E-state index in [1.165, 1.54) is 0 Å². The standard InChI is InChI=1S/C13H19ClN2O2/c1-9(8-18-4)16(3)13(17)11-7-10(14)5-6-12(11)15-2/h5-7,9,15H,8H2,1-4H3. The summed E-state index contributed by atoms with van der Waals surface area (Å²) >= 11 is 5.94. The smallest absolute Gasteiger partial charge is 0.256 e. The number of halogens is 1. The van der Waals surface area contributed by atoms with Crippen LogP contribution in [0.1, 0.15) is 17.3 Å². The summed E-state index contributed by atoms with van der Waals surface area (Å²) < 4.78 is 5.06. The molecule has 1 aromatic rings. The zero-order chi connectivity index (χ0) is 13.7. The van der Waals surface area contributed by atoms with E-state index in [-0.39, 0.29) is 11.9 Å². The van der Waals surface area contributed by atoms with Crippen LogP contribution >= 0.6 is 11.6 Å². The second kappa shape index (κ2) is 6.61.